The topological polar surface area (TPSA) is 59.3 Å². The van der Waals surface area contributed by atoms with Gasteiger partial charge in [0.05, 0.1) is 11.4 Å². The molecule has 4 nitrogen and oxygen atoms in total. The summed E-state index contributed by atoms with van der Waals surface area (Å²) in [6, 6.07) is 14.7. The van der Waals surface area contributed by atoms with Crippen LogP contribution in [0.15, 0.2) is 57.8 Å². The van der Waals surface area contributed by atoms with Crippen LogP contribution < -0.4 is 4.72 Å². The third-order valence-corrected chi connectivity index (χ3v) is 5.09. The average molecular weight is 315 g/mol. The Morgan fingerprint density at radius 1 is 1.05 bits per heavy atom. The maximum absolute atomic E-state index is 12.4. The van der Waals surface area contributed by atoms with Crippen molar-refractivity contribution in [3.05, 3.63) is 65.4 Å². The first-order chi connectivity index (χ1) is 10.5. The SMILES string of the molecule is Cc1ccc(S(=O)(=O)NCc2cc3ccccc3o2)c(C)c1. The molecule has 0 saturated carbocycles. The van der Waals surface area contributed by atoms with E-state index in [1.807, 2.05) is 43.3 Å². The summed E-state index contributed by atoms with van der Waals surface area (Å²) >= 11 is 0. The number of nitrogens with one attached hydrogen (secondary N) is 1. The lowest BCUT2D eigenvalue weighted by Gasteiger charge is -2.09. The lowest BCUT2D eigenvalue weighted by molar-refractivity contribution is 0.529. The predicted molar refractivity (Wildman–Crippen MR) is 86.2 cm³/mol. The number of sulfonamides is 1. The normalized spacial score (nSPS) is 11.9. The minimum atomic E-state index is -3.55. The van der Waals surface area contributed by atoms with Gasteiger partial charge in [0.2, 0.25) is 10.0 Å². The van der Waals surface area contributed by atoms with Crippen LogP contribution in [0.2, 0.25) is 0 Å². The molecule has 1 heterocycles. The van der Waals surface area contributed by atoms with Crippen molar-refractivity contribution >= 4 is 21.0 Å². The van der Waals surface area contributed by atoms with Crippen molar-refractivity contribution in [3.63, 3.8) is 0 Å². The molecule has 1 aromatic heterocycles. The number of hydrogen-bond acceptors (Lipinski definition) is 3. The monoisotopic (exact) mass is 315 g/mol. The zero-order valence-corrected chi connectivity index (χ0v) is 13.3. The van der Waals surface area contributed by atoms with Crippen molar-refractivity contribution in [2.24, 2.45) is 0 Å². The number of furan rings is 1. The van der Waals surface area contributed by atoms with Crippen LogP contribution in [-0.2, 0) is 16.6 Å². The molecule has 5 heteroatoms. The second kappa shape index (κ2) is 5.59. The van der Waals surface area contributed by atoms with Crippen molar-refractivity contribution in [1.29, 1.82) is 0 Å². The second-order valence-electron chi connectivity index (χ2n) is 5.34. The highest BCUT2D eigenvalue weighted by atomic mass is 32.2. The Bertz CT molecular complexity index is 893. The van der Waals surface area contributed by atoms with E-state index in [9.17, 15) is 8.42 Å². The van der Waals surface area contributed by atoms with E-state index in [0.717, 1.165) is 22.1 Å². The first-order valence-electron chi connectivity index (χ1n) is 7.00. The number of hydrogen-bond donors (Lipinski definition) is 1. The van der Waals surface area contributed by atoms with E-state index in [0.29, 0.717) is 10.7 Å². The van der Waals surface area contributed by atoms with Gasteiger partial charge < -0.3 is 4.42 Å². The zero-order valence-electron chi connectivity index (χ0n) is 12.5. The summed E-state index contributed by atoms with van der Waals surface area (Å²) in [5, 5.41) is 0.961. The van der Waals surface area contributed by atoms with Gasteiger partial charge in [-0.15, -0.1) is 0 Å². The van der Waals surface area contributed by atoms with Crippen molar-refractivity contribution < 1.29 is 12.8 Å². The molecular formula is C17H17NO3S. The Labute approximate surface area is 129 Å². The average Bonchev–Trinajstić information content (AvgIpc) is 2.87. The van der Waals surface area contributed by atoms with Gasteiger partial charge in [-0.05, 0) is 37.6 Å². The maximum atomic E-state index is 12.4. The highest BCUT2D eigenvalue weighted by molar-refractivity contribution is 7.89. The molecule has 3 aromatic rings. The summed E-state index contributed by atoms with van der Waals surface area (Å²) in [6.07, 6.45) is 0. The molecule has 114 valence electrons. The van der Waals surface area contributed by atoms with E-state index in [1.165, 1.54) is 0 Å². The zero-order chi connectivity index (χ0) is 15.7. The highest BCUT2D eigenvalue weighted by Gasteiger charge is 2.17. The van der Waals surface area contributed by atoms with Gasteiger partial charge in [-0.3, -0.25) is 0 Å². The summed E-state index contributed by atoms with van der Waals surface area (Å²) in [7, 11) is -3.55. The van der Waals surface area contributed by atoms with Crippen LogP contribution in [0.1, 0.15) is 16.9 Å². The van der Waals surface area contributed by atoms with E-state index < -0.39 is 10.0 Å². The molecule has 1 N–H and O–H groups in total. The highest BCUT2D eigenvalue weighted by Crippen LogP contribution is 2.20. The molecular weight excluding hydrogens is 298 g/mol. The van der Waals surface area contributed by atoms with Gasteiger partial charge in [0.1, 0.15) is 11.3 Å². The number of para-hydroxylation sites is 1. The molecule has 2 aromatic carbocycles. The fourth-order valence-electron chi connectivity index (χ4n) is 2.47. The summed E-state index contributed by atoms with van der Waals surface area (Å²) in [5.74, 6) is 0.592. The fraction of sp³-hybridized carbons (Fsp3) is 0.176. The first kappa shape index (κ1) is 14.8. The Morgan fingerprint density at radius 2 is 1.82 bits per heavy atom. The Balaban J connectivity index is 1.82. The van der Waals surface area contributed by atoms with E-state index >= 15 is 0 Å². The largest absolute Gasteiger partial charge is 0.460 e. The van der Waals surface area contributed by atoms with E-state index in [-0.39, 0.29) is 6.54 Å². The molecule has 0 aliphatic carbocycles. The van der Waals surface area contributed by atoms with Crippen LogP contribution in [-0.4, -0.2) is 8.42 Å². The summed E-state index contributed by atoms with van der Waals surface area (Å²) < 4.78 is 33.0. The minimum Gasteiger partial charge on any atom is -0.460 e. The molecule has 0 unspecified atom stereocenters. The van der Waals surface area contributed by atoms with Crippen LogP contribution >= 0.6 is 0 Å². The third-order valence-electron chi connectivity index (χ3n) is 3.53. The number of benzene rings is 2. The molecule has 0 atom stereocenters. The van der Waals surface area contributed by atoms with E-state index in [4.69, 9.17) is 4.42 Å². The summed E-state index contributed by atoms with van der Waals surface area (Å²) in [5.41, 5.74) is 2.52. The maximum Gasteiger partial charge on any atom is 0.241 e. The molecule has 0 spiro atoms. The number of aryl methyl sites for hydroxylation is 2. The van der Waals surface area contributed by atoms with Gasteiger partial charge >= 0.3 is 0 Å². The van der Waals surface area contributed by atoms with Crippen LogP contribution in [0.5, 0.6) is 0 Å². The molecule has 0 aliphatic heterocycles. The molecule has 22 heavy (non-hydrogen) atoms. The van der Waals surface area contributed by atoms with Crippen molar-refractivity contribution in [2.75, 3.05) is 0 Å². The smallest absolute Gasteiger partial charge is 0.241 e. The lowest BCUT2D eigenvalue weighted by Crippen LogP contribution is -2.23. The molecule has 0 bridgehead atoms. The Hall–Kier alpha value is -2.11. The quantitative estimate of drug-likeness (QED) is 0.801. The molecule has 0 amide bonds. The number of rotatable bonds is 4. The van der Waals surface area contributed by atoms with Gasteiger partial charge in [-0.25, -0.2) is 13.1 Å². The molecule has 0 aliphatic rings. The van der Waals surface area contributed by atoms with Crippen molar-refractivity contribution in [3.8, 4) is 0 Å². The fourth-order valence-corrected chi connectivity index (χ4v) is 3.69. The standard InChI is InChI=1S/C17H17NO3S/c1-12-7-8-17(13(2)9-12)22(19,20)18-11-15-10-14-5-3-4-6-16(14)21-15/h3-10,18H,11H2,1-2H3. The Morgan fingerprint density at radius 3 is 2.55 bits per heavy atom. The van der Waals surface area contributed by atoms with Gasteiger partial charge in [-0.2, -0.15) is 0 Å². The van der Waals surface area contributed by atoms with Crippen LogP contribution in [0, 0.1) is 13.8 Å². The van der Waals surface area contributed by atoms with Crippen molar-refractivity contribution in [1.82, 2.24) is 4.72 Å². The van der Waals surface area contributed by atoms with Gasteiger partial charge in [0, 0.05) is 5.39 Å². The van der Waals surface area contributed by atoms with Crippen LogP contribution in [0.3, 0.4) is 0 Å². The Kier molecular flexibility index (Phi) is 3.76. The van der Waals surface area contributed by atoms with Gasteiger partial charge in [0.25, 0.3) is 0 Å². The third kappa shape index (κ3) is 2.91. The van der Waals surface area contributed by atoms with E-state index in [1.54, 1.807) is 19.1 Å². The van der Waals surface area contributed by atoms with Gasteiger partial charge in [0.15, 0.2) is 0 Å². The first-order valence-corrected chi connectivity index (χ1v) is 8.48. The lowest BCUT2D eigenvalue weighted by atomic mass is 10.2. The molecule has 0 radical (unpaired) electrons. The molecule has 0 saturated heterocycles. The summed E-state index contributed by atoms with van der Waals surface area (Å²) in [6.45, 7) is 3.86. The number of fused-ring (bicyclic) bond motifs is 1. The summed E-state index contributed by atoms with van der Waals surface area (Å²) in [4.78, 5) is 0.300. The van der Waals surface area contributed by atoms with Crippen LogP contribution in [0.4, 0.5) is 0 Å². The second-order valence-corrected chi connectivity index (χ2v) is 7.08. The van der Waals surface area contributed by atoms with Crippen LogP contribution in [0.25, 0.3) is 11.0 Å². The molecule has 3 rings (SSSR count). The predicted octanol–water partition coefficient (Wildman–Crippen LogP) is 3.53. The van der Waals surface area contributed by atoms with E-state index in [2.05, 4.69) is 4.72 Å². The van der Waals surface area contributed by atoms with Crippen molar-refractivity contribution in [2.45, 2.75) is 25.3 Å². The molecule has 0 fully saturated rings. The van der Waals surface area contributed by atoms with Gasteiger partial charge in [-0.1, -0.05) is 35.9 Å². The minimum absolute atomic E-state index is 0.129.